The molecule has 0 radical (unpaired) electrons. The molecule has 0 rings (SSSR count). The van der Waals surface area contributed by atoms with Gasteiger partial charge in [-0.25, -0.2) is 4.57 Å². The lowest BCUT2D eigenvalue weighted by Crippen LogP contribution is -2.37. The number of esters is 2. The van der Waals surface area contributed by atoms with Crippen molar-refractivity contribution in [1.82, 2.24) is 0 Å². The van der Waals surface area contributed by atoms with Crippen molar-refractivity contribution in [2.45, 2.75) is 328 Å². The van der Waals surface area contributed by atoms with Crippen molar-refractivity contribution < 1.29 is 42.1 Å². The van der Waals surface area contributed by atoms with Crippen LogP contribution in [-0.2, 0) is 32.7 Å². The van der Waals surface area contributed by atoms with Gasteiger partial charge in [0, 0.05) is 12.8 Å². The van der Waals surface area contributed by atoms with Crippen LogP contribution in [0.25, 0.3) is 0 Å². The molecule has 10 heteroatoms. The van der Waals surface area contributed by atoms with Crippen molar-refractivity contribution in [1.29, 1.82) is 0 Å². The zero-order valence-electron chi connectivity index (χ0n) is 57.9. The van der Waals surface area contributed by atoms with Crippen LogP contribution in [0.3, 0.4) is 0 Å². The number of phosphoric ester groups is 1. The zero-order valence-corrected chi connectivity index (χ0v) is 58.8. The highest BCUT2D eigenvalue weighted by Crippen LogP contribution is 2.43. The van der Waals surface area contributed by atoms with Crippen molar-refractivity contribution in [3.05, 3.63) is 109 Å². The molecule has 0 saturated heterocycles. The van der Waals surface area contributed by atoms with Gasteiger partial charge in [-0.3, -0.25) is 18.6 Å². The van der Waals surface area contributed by atoms with Crippen LogP contribution in [0, 0.1) is 0 Å². The van der Waals surface area contributed by atoms with E-state index in [9.17, 15) is 19.0 Å². The Morgan fingerprint density at radius 3 is 0.909 bits per heavy atom. The van der Waals surface area contributed by atoms with Crippen LogP contribution >= 0.6 is 7.82 Å². The third-order valence-corrected chi connectivity index (χ3v) is 16.8. The highest BCUT2D eigenvalue weighted by Gasteiger charge is 2.27. The standard InChI is InChI=1S/C78H138NO8P/c1-6-8-10-12-14-16-18-20-22-24-26-28-30-32-33-34-35-36-37-38-39-40-41-42-43-44-45-47-48-50-52-54-56-58-60-62-64-66-68-70-77(80)84-74-76(75-86-88(82,83)85-73-72-79(3,4)5)87-78(81)71-69-67-65-63-61-59-57-55-53-51-49-46-31-29-27-25-23-21-19-17-15-13-11-9-7-2/h8-11,14-17,20-23,26-29,46,49,76H,6-7,12-13,18-19,24-25,30-45,47-48,50-75H2,1-5H3/p+1/b10-8-,11-9-,16-14-,17-15-,22-20-,23-21-,28-26-,29-27-,49-46-. The summed E-state index contributed by atoms with van der Waals surface area (Å²) in [5.74, 6) is -0.796. The van der Waals surface area contributed by atoms with E-state index in [4.69, 9.17) is 18.5 Å². The number of hydrogen-bond donors (Lipinski definition) is 1. The van der Waals surface area contributed by atoms with E-state index in [0.29, 0.717) is 17.4 Å². The normalized spacial score (nSPS) is 13.8. The van der Waals surface area contributed by atoms with Gasteiger partial charge in [-0.1, -0.05) is 322 Å². The average Bonchev–Trinajstić information content (AvgIpc) is 3.57. The van der Waals surface area contributed by atoms with Crippen LogP contribution in [-0.4, -0.2) is 74.9 Å². The molecule has 2 atom stereocenters. The number of ether oxygens (including phenoxy) is 2. The summed E-state index contributed by atoms with van der Waals surface area (Å²) in [5.41, 5.74) is 0. The van der Waals surface area contributed by atoms with Gasteiger partial charge in [-0.2, -0.15) is 0 Å². The van der Waals surface area contributed by atoms with E-state index in [1.807, 2.05) is 21.1 Å². The number of quaternary nitrogens is 1. The third-order valence-electron chi connectivity index (χ3n) is 15.8. The second-order valence-electron chi connectivity index (χ2n) is 25.6. The average molecular weight is 1250 g/mol. The van der Waals surface area contributed by atoms with E-state index in [0.717, 1.165) is 103 Å². The fourth-order valence-corrected chi connectivity index (χ4v) is 11.0. The summed E-state index contributed by atoms with van der Waals surface area (Å²) in [7, 11) is 1.47. The summed E-state index contributed by atoms with van der Waals surface area (Å²) in [6.07, 6.45) is 96.4. The Morgan fingerprint density at radius 1 is 0.352 bits per heavy atom. The van der Waals surface area contributed by atoms with Crippen LogP contribution in [0.2, 0.25) is 0 Å². The number of phosphoric acid groups is 1. The highest BCUT2D eigenvalue weighted by atomic mass is 31.2. The van der Waals surface area contributed by atoms with Crippen LogP contribution in [0.1, 0.15) is 322 Å². The monoisotopic (exact) mass is 1250 g/mol. The molecular weight excluding hydrogens is 1110 g/mol. The maximum Gasteiger partial charge on any atom is 0.472 e. The van der Waals surface area contributed by atoms with Crippen LogP contribution in [0.5, 0.6) is 0 Å². The molecule has 0 aliphatic rings. The predicted octanol–water partition coefficient (Wildman–Crippen LogP) is 24.1. The molecule has 0 aromatic rings. The molecule has 0 aliphatic carbocycles. The number of carbonyl (C=O) groups excluding carboxylic acids is 2. The number of likely N-dealkylation sites (N-methyl/N-ethyl adjacent to an activating group) is 1. The van der Waals surface area contributed by atoms with E-state index in [-0.39, 0.29) is 32.0 Å². The first-order valence-corrected chi connectivity index (χ1v) is 38.1. The molecular formula is C78H139NO8P+. The van der Waals surface area contributed by atoms with E-state index in [1.165, 1.54) is 186 Å². The maximum absolute atomic E-state index is 12.9. The van der Waals surface area contributed by atoms with Gasteiger partial charge in [0.1, 0.15) is 19.8 Å². The van der Waals surface area contributed by atoms with Gasteiger partial charge in [0.25, 0.3) is 0 Å². The second kappa shape index (κ2) is 68.0. The number of rotatable bonds is 67. The molecule has 0 amide bonds. The molecule has 2 unspecified atom stereocenters. The van der Waals surface area contributed by atoms with Crippen molar-refractivity contribution in [3.63, 3.8) is 0 Å². The van der Waals surface area contributed by atoms with Gasteiger partial charge in [-0.05, 0) is 96.3 Å². The van der Waals surface area contributed by atoms with Crippen LogP contribution in [0.4, 0.5) is 0 Å². The van der Waals surface area contributed by atoms with Crippen molar-refractivity contribution in [2.24, 2.45) is 0 Å². The smallest absolute Gasteiger partial charge is 0.462 e. The molecule has 0 aliphatic heterocycles. The molecule has 9 nitrogen and oxygen atoms in total. The summed E-state index contributed by atoms with van der Waals surface area (Å²) in [6, 6.07) is 0. The Hall–Kier alpha value is -3.33. The van der Waals surface area contributed by atoms with E-state index >= 15 is 0 Å². The maximum atomic E-state index is 12.9. The summed E-state index contributed by atoms with van der Waals surface area (Å²) >= 11 is 0. The van der Waals surface area contributed by atoms with E-state index in [2.05, 4.69) is 123 Å². The molecule has 0 aromatic carbocycles. The minimum absolute atomic E-state index is 0.0279. The molecule has 0 spiro atoms. The number of allylic oxidation sites excluding steroid dienone is 18. The lowest BCUT2D eigenvalue weighted by atomic mass is 10.0. The Balaban J connectivity index is 3.95. The molecule has 0 saturated carbocycles. The summed E-state index contributed by atoms with van der Waals surface area (Å²) in [5, 5.41) is 0. The molecule has 508 valence electrons. The summed E-state index contributed by atoms with van der Waals surface area (Å²) < 4.78 is 34.7. The van der Waals surface area contributed by atoms with Crippen molar-refractivity contribution >= 4 is 19.8 Å². The van der Waals surface area contributed by atoms with Gasteiger partial charge >= 0.3 is 19.8 Å². The molecule has 0 fully saturated rings. The molecule has 0 bridgehead atoms. The largest absolute Gasteiger partial charge is 0.472 e. The van der Waals surface area contributed by atoms with Gasteiger partial charge in [0.05, 0.1) is 27.7 Å². The SMILES string of the molecule is CC/C=C\C/C=C\C/C=C\C/C=C\C/C=C\CCCCCCCCCCCC(=O)OC(COC(=O)CCCCCCCCCCCCCCCCCCCCCCCCCCCC/C=C\C/C=C\C/C=C\C/C=C\CC)COP(=O)(O)OCC[N+](C)(C)C. The van der Waals surface area contributed by atoms with Crippen LogP contribution in [0.15, 0.2) is 109 Å². The van der Waals surface area contributed by atoms with Crippen molar-refractivity contribution in [3.8, 4) is 0 Å². The van der Waals surface area contributed by atoms with Gasteiger partial charge in [0.2, 0.25) is 0 Å². The molecule has 1 N–H and O–H groups in total. The molecule has 0 aromatic heterocycles. The fraction of sp³-hybridized carbons (Fsp3) is 0.744. The van der Waals surface area contributed by atoms with E-state index < -0.39 is 26.5 Å². The lowest BCUT2D eigenvalue weighted by Gasteiger charge is -2.24. The predicted molar refractivity (Wildman–Crippen MR) is 381 cm³/mol. The highest BCUT2D eigenvalue weighted by molar-refractivity contribution is 7.47. The third kappa shape index (κ3) is 71.7. The first-order valence-electron chi connectivity index (χ1n) is 36.6. The van der Waals surface area contributed by atoms with Gasteiger partial charge in [-0.15, -0.1) is 0 Å². The summed E-state index contributed by atoms with van der Waals surface area (Å²) in [4.78, 5) is 35.9. The number of nitrogens with zero attached hydrogens (tertiary/aromatic N) is 1. The minimum Gasteiger partial charge on any atom is -0.462 e. The minimum atomic E-state index is -4.40. The van der Waals surface area contributed by atoms with E-state index in [1.54, 1.807) is 0 Å². The first-order chi connectivity index (χ1) is 43.0. The Labute approximate surface area is 544 Å². The second-order valence-corrected chi connectivity index (χ2v) is 27.0. The van der Waals surface area contributed by atoms with Crippen molar-refractivity contribution in [2.75, 3.05) is 47.5 Å². The summed E-state index contributed by atoms with van der Waals surface area (Å²) in [6.45, 7) is 4.23. The van der Waals surface area contributed by atoms with Crippen LogP contribution < -0.4 is 0 Å². The quantitative estimate of drug-likeness (QED) is 0.0211. The Morgan fingerprint density at radius 2 is 0.614 bits per heavy atom. The lowest BCUT2D eigenvalue weighted by molar-refractivity contribution is -0.870. The Kier molecular flexibility index (Phi) is 65.5. The topological polar surface area (TPSA) is 108 Å². The van der Waals surface area contributed by atoms with Gasteiger partial charge < -0.3 is 18.9 Å². The first kappa shape index (κ1) is 84.7. The van der Waals surface area contributed by atoms with Gasteiger partial charge in [0.15, 0.2) is 6.10 Å². The Bertz CT molecular complexity index is 1850. The molecule has 0 heterocycles. The number of carbonyl (C=O) groups is 2. The fourth-order valence-electron chi connectivity index (χ4n) is 10.3. The number of hydrogen-bond acceptors (Lipinski definition) is 7. The molecule has 88 heavy (non-hydrogen) atoms. The number of unbranched alkanes of at least 4 members (excludes halogenated alkanes) is 35. The zero-order chi connectivity index (χ0) is 64.1.